The second-order valence-electron chi connectivity index (χ2n) is 5.32. The highest BCUT2D eigenvalue weighted by Gasteiger charge is 2.09. The quantitative estimate of drug-likeness (QED) is 0.642. The third-order valence-electron chi connectivity index (χ3n) is 3.57. The number of fused-ring (bicyclic) bond motifs is 1. The van der Waals surface area contributed by atoms with Gasteiger partial charge in [-0.2, -0.15) is 9.78 Å². The zero-order chi connectivity index (χ0) is 17.1. The molecule has 0 aliphatic carbocycles. The number of benzene rings is 2. The van der Waals surface area contributed by atoms with Gasteiger partial charge in [0.15, 0.2) is 0 Å². The van der Waals surface area contributed by atoms with Gasteiger partial charge in [-0.3, -0.25) is 4.79 Å². The normalized spacial score (nSPS) is 11.5. The molecule has 0 bridgehead atoms. The lowest BCUT2D eigenvalue weighted by Gasteiger charge is -2.08. The number of hydrogen-bond acceptors (Lipinski definition) is 3. The number of para-hydroxylation sites is 1. The Bertz CT molecular complexity index is 980. The lowest BCUT2D eigenvalue weighted by molar-refractivity contribution is 0.704. The number of nitrogens with zero attached hydrogens (tertiary/aromatic N) is 3. The predicted molar refractivity (Wildman–Crippen MR) is 99.5 cm³/mol. The first-order valence-electron chi connectivity index (χ1n) is 7.60. The summed E-state index contributed by atoms with van der Waals surface area (Å²) in [6.07, 6.45) is 3.07. The fourth-order valence-electron chi connectivity index (χ4n) is 2.40. The summed E-state index contributed by atoms with van der Waals surface area (Å²) >= 11 is 12.0. The SMILES string of the molecule is CCCc1nc2ccccc2c(=O)n1/N=C\c1ccc(Cl)cc1Cl. The average molecular weight is 360 g/mol. The summed E-state index contributed by atoms with van der Waals surface area (Å²) < 4.78 is 1.34. The second kappa shape index (κ2) is 7.16. The molecule has 1 aromatic heterocycles. The molecule has 6 heteroatoms. The second-order valence-corrected chi connectivity index (χ2v) is 6.17. The highest BCUT2D eigenvalue weighted by molar-refractivity contribution is 6.36. The largest absolute Gasteiger partial charge is 0.282 e. The van der Waals surface area contributed by atoms with Gasteiger partial charge in [0.05, 0.1) is 22.1 Å². The van der Waals surface area contributed by atoms with Gasteiger partial charge in [-0.25, -0.2) is 4.98 Å². The molecule has 0 unspecified atom stereocenters. The molecule has 3 rings (SSSR count). The molecule has 24 heavy (non-hydrogen) atoms. The standard InChI is InChI=1S/C18H15Cl2N3O/c1-2-5-17-22-16-7-4-3-6-14(16)18(24)23(17)21-11-12-8-9-13(19)10-15(12)20/h3-4,6-11H,2,5H2,1H3/b21-11-. The molecular weight excluding hydrogens is 345 g/mol. The van der Waals surface area contributed by atoms with E-state index >= 15 is 0 Å². The Morgan fingerprint density at radius 1 is 1.21 bits per heavy atom. The van der Waals surface area contributed by atoms with Gasteiger partial charge in [0.1, 0.15) is 5.82 Å². The van der Waals surface area contributed by atoms with Crippen LogP contribution in [0.1, 0.15) is 24.7 Å². The lowest BCUT2D eigenvalue weighted by Crippen LogP contribution is -2.22. The summed E-state index contributed by atoms with van der Waals surface area (Å²) in [5.74, 6) is 0.627. The average Bonchev–Trinajstić information content (AvgIpc) is 2.56. The smallest absolute Gasteiger partial charge is 0.267 e. The number of hydrogen-bond donors (Lipinski definition) is 0. The summed E-state index contributed by atoms with van der Waals surface area (Å²) in [7, 11) is 0. The highest BCUT2D eigenvalue weighted by Crippen LogP contribution is 2.19. The zero-order valence-electron chi connectivity index (χ0n) is 13.0. The van der Waals surface area contributed by atoms with Crippen molar-refractivity contribution in [3.05, 3.63) is 74.3 Å². The van der Waals surface area contributed by atoms with Crippen molar-refractivity contribution in [3.8, 4) is 0 Å². The van der Waals surface area contributed by atoms with Crippen LogP contribution < -0.4 is 5.56 Å². The van der Waals surface area contributed by atoms with Crippen LogP contribution in [0, 0.1) is 0 Å². The molecule has 0 atom stereocenters. The number of aryl methyl sites for hydroxylation is 1. The molecule has 0 fully saturated rings. The fraction of sp³-hybridized carbons (Fsp3) is 0.167. The summed E-state index contributed by atoms with van der Waals surface area (Å²) in [6, 6.07) is 12.4. The third kappa shape index (κ3) is 3.35. The van der Waals surface area contributed by atoms with E-state index in [1.165, 1.54) is 4.68 Å². The van der Waals surface area contributed by atoms with Crippen LogP contribution in [0.15, 0.2) is 52.4 Å². The molecule has 0 aliphatic rings. The highest BCUT2D eigenvalue weighted by atomic mass is 35.5. The Labute approximate surface area is 149 Å². The maximum Gasteiger partial charge on any atom is 0.282 e. The Kier molecular flexibility index (Phi) is 4.97. The van der Waals surface area contributed by atoms with Gasteiger partial charge in [0, 0.05) is 17.0 Å². The van der Waals surface area contributed by atoms with Crippen LogP contribution in [-0.2, 0) is 6.42 Å². The molecule has 0 saturated heterocycles. The summed E-state index contributed by atoms with van der Waals surface area (Å²) in [4.78, 5) is 17.3. The number of aromatic nitrogens is 2. The lowest BCUT2D eigenvalue weighted by atomic mass is 10.2. The van der Waals surface area contributed by atoms with Gasteiger partial charge in [0.2, 0.25) is 0 Å². The maximum absolute atomic E-state index is 12.7. The van der Waals surface area contributed by atoms with Crippen molar-refractivity contribution in [2.75, 3.05) is 0 Å². The van der Waals surface area contributed by atoms with E-state index in [2.05, 4.69) is 10.1 Å². The van der Waals surface area contributed by atoms with Crippen molar-refractivity contribution in [1.82, 2.24) is 9.66 Å². The molecule has 0 aliphatic heterocycles. The molecule has 0 spiro atoms. The van der Waals surface area contributed by atoms with Crippen LogP contribution in [0.3, 0.4) is 0 Å². The molecule has 3 aromatic rings. The summed E-state index contributed by atoms with van der Waals surface area (Å²) in [5, 5.41) is 5.89. The van der Waals surface area contributed by atoms with E-state index in [4.69, 9.17) is 23.2 Å². The van der Waals surface area contributed by atoms with Gasteiger partial charge in [0.25, 0.3) is 5.56 Å². The Hall–Kier alpha value is -2.17. The summed E-state index contributed by atoms with van der Waals surface area (Å²) in [6.45, 7) is 2.03. The van der Waals surface area contributed by atoms with Gasteiger partial charge >= 0.3 is 0 Å². The molecule has 0 amide bonds. The molecule has 2 aromatic carbocycles. The predicted octanol–water partition coefficient (Wildman–Crippen LogP) is 4.54. The van der Waals surface area contributed by atoms with Gasteiger partial charge < -0.3 is 0 Å². The van der Waals surface area contributed by atoms with Crippen LogP contribution in [0.4, 0.5) is 0 Å². The van der Waals surface area contributed by atoms with Crippen molar-refractivity contribution < 1.29 is 0 Å². The number of halogens is 2. The molecule has 0 radical (unpaired) electrons. The van der Waals surface area contributed by atoms with Crippen molar-refractivity contribution in [2.24, 2.45) is 5.10 Å². The first kappa shape index (κ1) is 16.7. The van der Waals surface area contributed by atoms with E-state index in [0.717, 1.165) is 6.42 Å². The monoisotopic (exact) mass is 359 g/mol. The van der Waals surface area contributed by atoms with Gasteiger partial charge in [-0.1, -0.05) is 48.3 Å². The van der Waals surface area contributed by atoms with E-state index in [9.17, 15) is 4.79 Å². The van der Waals surface area contributed by atoms with Crippen molar-refractivity contribution in [3.63, 3.8) is 0 Å². The van der Waals surface area contributed by atoms with Crippen molar-refractivity contribution in [2.45, 2.75) is 19.8 Å². The minimum absolute atomic E-state index is 0.189. The van der Waals surface area contributed by atoms with E-state index in [-0.39, 0.29) is 5.56 Å². The topological polar surface area (TPSA) is 47.2 Å². The van der Waals surface area contributed by atoms with Crippen LogP contribution in [0.5, 0.6) is 0 Å². The molecule has 0 N–H and O–H groups in total. The molecule has 0 saturated carbocycles. The van der Waals surface area contributed by atoms with E-state index in [1.807, 2.05) is 25.1 Å². The first-order valence-corrected chi connectivity index (χ1v) is 8.36. The molecule has 4 nitrogen and oxygen atoms in total. The van der Waals surface area contributed by atoms with Crippen LogP contribution in [0.25, 0.3) is 10.9 Å². The Morgan fingerprint density at radius 2 is 2.00 bits per heavy atom. The molecule has 1 heterocycles. The Morgan fingerprint density at radius 3 is 2.75 bits per heavy atom. The summed E-state index contributed by atoms with van der Waals surface area (Å²) in [5.41, 5.74) is 1.18. The first-order chi connectivity index (χ1) is 11.6. The third-order valence-corrected chi connectivity index (χ3v) is 4.13. The number of rotatable bonds is 4. The van der Waals surface area contributed by atoms with Crippen molar-refractivity contribution in [1.29, 1.82) is 0 Å². The van der Waals surface area contributed by atoms with Crippen LogP contribution in [-0.4, -0.2) is 15.9 Å². The van der Waals surface area contributed by atoms with Gasteiger partial charge in [-0.15, -0.1) is 0 Å². The minimum Gasteiger partial charge on any atom is -0.267 e. The van der Waals surface area contributed by atoms with E-state index < -0.39 is 0 Å². The van der Waals surface area contributed by atoms with Crippen molar-refractivity contribution >= 4 is 40.3 Å². The maximum atomic E-state index is 12.7. The van der Waals surface area contributed by atoms with E-state index in [0.29, 0.717) is 38.8 Å². The van der Waals surface area contributed by atoms with Crippen LogP contribution in [0.2, 0.25) is 10.0 Å². The van der Waals surface area contributed by atoms with Gasteiger partial charge in [-0.05, 0) is 30.7 Å². The van der Waals surface area contributed by atoms with Crippen LogP contribution >= 0.6 is 23.2 Å². The molecular formula is C18H15Cl2N3O. The minimum atomic E-state index is -0.189. The molecule has 122 valence electrons. The van der Waals surface area contributed by atoms with E-state index in [1.54, 1.807) is 30.5 Å². The Balaban J connectivity index is 2.13. The fourth-order valence-corrected chi connectivity index (χ4v) is 2.86. The zero-order valence-corrected chi connectivity index (χ0v) is 14.6.